The Bertz CT molecular complexity index is 1850. The first-order chi connectivity index (χ1) is 26.3. The summed E-state index contributed by atoms with van der Waals surface area (Å²) in [5.41, 5.74) is 16.4. The van der Waals surface area contributed by atoms with Crippen LogP contribution in [-0.2, 0) is 25.6 Å². The van der Waals surface area contributed by atoms with Gasteiger partial charge >= 0.3 is 7.12 Å². The summed E-state index contributed by atoms with van der Waals surface area (Å²) in [6.45, 7) is 15.8. The molecule has 54 heavy (non-hydrogen) atoms. The van der Waals surface area contributed by atoms with Crippen molar-refractivity contribution in [2.75, 3.05) is 19.4 Å². The molecule has 2 aliphatic carbocycles. The van der Waals surface area contributed by atoms with Crippen LogP contribution in [0.2, 0.25) is 0 Å². The van der Waals surface area contributed by atoms with E-state index in [2.05, 4.69) is 130 Å². The third-order valence-corrected chi connectivity index (χ3v) is 14.2. The van der Waals surface area contributed by atoms with E-state index in [0.717, 1.165) is 30.9 Å². The third-order valence-electron chi connectivity index (χ3n) is 13.9. The lowest BCUT2D eigenvalue weighted by Crippen LogP contribution is -2.34. The summed E-state index contributed by atoms with van der Waals surface area (Å²) >= 11 is 0. The summed E-state index contributed by atoms with van der Waals surface area (Å²) in [6.07, 6.45) is 19.6. The molecule has 0 aromatic heterocycles. The SMILES string of the molecule is CCCCCCC(C)(CC)c1ccc2c(c1)C1(c3cc([CH+]CCP)ccc3-c3ccc(B4OCCO4)cc31)c1cc(C(C)(CC)CCCCCC)ccc1-2. The molecule has 1 heterocycles. The number of fused-ring (bicyclic) bond motifs is 10. The molecule has 7 rings (SSSR count). The van der Waals surface area contributed by atoms with E-state index < -0.39 is 5.41 Å². The van der Waals surface area contributed by atoms with Crippen molar-refractivity contribution in [1.29, 1.82) is 0 Å². The number of rotatable bonds is 18. The van der Waals surface area contributed by atoms with Crippen LogP contribution in [0.1, 0.15) is 164 Å². The molecule has 1 saturated heterocycles. The minimum absolute atomic E-state index is 0.120. The van der Waals surface area contributed by atoms with Crippen LogP contribution in [0.4, 0.5) is 0 Å². The van der Waals surface area contributed by atoms with E-state index in [0.29, 0.717) is 13.2 Å². The van der Waals surface area contributed by atoms with Gasteiger partial charge in [-0.3, -0.25) is 0 Å². The van der Waals surface area contributed by atoms with Crippen molar-refractivity contribution in [3.8, 4) is 22.3 Å². The highest BCUT2D eigenvalue weighted by atomic mass is 31.0. The Kier molecular flexibility index (Phi) is 12.2. The lowest BCUT2D eigenvalue weighted by atomic mass is 9.66. The number of hydrogen-bond acceptors (Lipinski definition) is 2. The zero-order valence-corrected chi connectivity index (χ0v) is 35.4. The first kappa shape index (κ1) is 39.4. The molecule has 4 aromatic rings. The maximum atomic E-state index is 6.17. The van der Waals surface area contributed by atoms with Gasteiger partial charge < -0.3 is 9.31 Å². The zero-order chi connectivity index (χ0) is 37.9. The molecule has 3 atom stereocenters. The molecule has 1 fully saturated rings. The molecule has 284 valence electrons. The second-order valence-electron chi connectivity index (χ2n) is 17.2. The fourth-order valence-electron chi connectivity index (χ4n) is 10.0. The van der Waals surface area contributed by atoms with Crippen LogP contribution in [0.5, 0.6) is 0 Å². The van der Waals surface area contributed by atoms with Crippen molar-refractivity contribution in [1.82, 2.24) is 0 Å². The normalized spacial score (nSPS) is 19.0. The topological polar surface area (TPSA) is 18.5 Å². The first-order valence-electron chi connectivity index (χ1n) is 21.6. The van der Waals surface area contributed by atoms with Gasteiger partial charge in [0.2, 0.25) is 0 Å². The van der Waals surface area contributed by atoms with E-state index in [-0.39, 0.29) is 17.9 Å². The molecule has 4 heteroatoms. The fourth-order valence-corrected chi connectivity index (χ4v) is 10.2. The van der Waals surface area contributed by atoms with Crippen LogP contribution >= 0.6 is 9.24 Å². The summed E-state index contributed by atoms with van der Waals surface area (Å²) in [5.74, 6) is 0. The van der Waals surface area contributed by atoms with E-state index in [9.17, 15) is 0 Å². The van der Waals surface area contributed by atoms with Crippen molar-refractivity contribution >= 4 is 21.8 Å². The van der Waals surface area contributed by atoms with Crippen molar-refractivity contribution in [2.24, 2.45) is 0 Å². The Labute approximate surface area is 331 Å². The summed E-state index contributed by atoms with van der Waals surface area (Å²) in [5, 5.41) is 0. The molecular weight excluding hydrogens is 674 g/mol. The van der Waals surface area contributed by atoms with Gasteiger partial charge in [-0.05, 0) is 92.6 Å². The van der Waals surface area contributed by atoms with Gasteiger partial charge in [0.25, 0.3) is 0 Å². The number of hydrogen-bond donors (Lipinski definition) is 0. The molecule has 1 aliphatic heterocycles. The highest BCUT2D eigenvalue weighted by molar-refractivity contribution is 7.16. The van der Waals surface area contributed by atoms with Gasteiger partial charge in [-0.2, -0.15) is 0 Å². The third kappa shape index (κ3) is 6.94. The van der Waals surface area contributed by atoms with Gasteiger partial charge in [0.15, 0.2) is 0 Å². The standard InChI is InChI=1S/C50H65BO2P/c1-7-11-13-15-27-48(5,9-3)37-20-24-41-42-25-21-38(49(6,10-4)28-16-14-12-8-2)34-46(42)50(45(41)33-37)44-32-36(18-17-31-54)19-23-40(44)43-26-22-39(35-47(43)50)51-52-29-30-53-51/h18-26,32-35H,7-17,27-31,54H2,1-6H3/q+1. The zero-order valence-electron chi connectivity index (χ0n) is 34.3. The van der Waals surface area contributed by atoms with E-state index in [1.54, 1.807) is 0 Å². The van der Waals surface area contributed by atoms with Gasteiger partial charge in [0, 0.05) is 36.1 Å². The van der Waals surface area contributed by atoms with Gasteiger partial charge in [0.1, 0.15) is 5.56 Å². The average Bonchev–Trinajstić information content (AvgIpc) is 3.92. The quantitative estimate of drug-likeness (QED) is 0.0378. The minimum atomic E-state index is -0.436. The Morgan fingerprint density at radius 3 is 1.59 bits per heavy atom. The van der Waals surface area contributed by atoms with Gasteiger partial charge in [-0.1, -0.05) is 148 Å². The van der Waals surface area contributed by atoms with Gasteiger partial charge in [0.05, 0.1) is 24.7 Å². The van der Waals surface area contributed by atoms with Crippen LogP contribution < -0.4 is 5.46 Å². The van der Waals surface area contributed by atoms with E-state index in [1.165, 1.54) is 125 Å². The largest absolute Gasteiger partial charge is 0.494 e. The van der Waals surface area contributed by atoms with Crippen molar-refractivity contribution in [2.45, 2.75) is 141 Å². The molecule has 1 spiro atoms. The molecule has 0 saturated carbocycles. The second-order valence-corrected chi connectivity index (χ2v) is 17.8. The van der Waals surface area contributed by atoms with Crippen molar-refractivity contribution in [3.05, 3.63) is 118 Å². The molecule has 3 unspecified atom stereocenters. The average molecular weight is 740 g/mol. The predicted molar refractivity (Wildman–Crippen MR) is 235 cm³/mol. The summed E-state index contributed by atoms with van der Waals surface area (Å²) in [4.78, 5) is 0. The van der Waals surface area contributed by atoms with Crippen LogP contribution in [-0.4, -0.2) is 26.5 Å². The van der Waals surface area contributed by atoms with Crippen LogP contribution in [0.15, 0.2) is 72.8 Å². The van der Waals surface area contributed by atoms with E-state index >= 15 is 0 Å². The molecule has 0 N–H and O–H groups in total. The van der Waals surface area contributed by atoms with Crippen molar-refractivity contribution in [3.63, 3.8) is 0 Å². The van der Waals surface area contributed by atoms with E-state index in [1.807, 2.05) is 0 Å². The second kappa shape index (κ2) is 16.7. The highest BCUT2D eigenvalue weighted by Gasteiger charge is 2.54. The monoisotopic (exact) mass is 739 g/mol. The summed E-state index contributed by atoms with van der Waals surface area (Å²) in [7, 11) is 2.59. The summed E-state index contributed by atoms with van der Waals surface area (Å²) in [6, 6.07) is 29.7. The first-order valence-corrected chi connectivity index (χ1v) is 22.5. The Hall–Kier alpha value is -2.84. The Morgan fingerprint density at radius 2 is 1.09 bits per heavy atom. The molecule has 0 radical (unpaired) electrons. The number of benzene rings is 4. The van der Waals surface area contributed by atoms with Gasteiger partial charge in [-0.15, -0.1) is 9.24 Å². The molecule has 4 aromatic carbocycles. The van der Waals surface area contributed by atoms with Crippen LogP contribution in [0.25, 0.3) is 22.3 Å². The lowest BCUT2D eigenvalue weighted by Gasteiger charge is -2.34. The predicted octanol–water partition coefficient (Wildman–Crippen LogP) is 12.9. The molecule has 2 nitrogen and oxygen atoms in total. The molecular formula is C50H65BO2P+. The maximum Gasteiger partial charge on any atom is 0.494 e. The smallest absolute Gasteiger partial charge is 0.405 e. The maximum absolute atomic E-state index is 6.17. The molecule has 0 bridgehead atoms. The molecule has 0 amide bonds. The van der Waals surface area contributed by atoms with Crippen LogP contribution in [0.3, 0.4) is 0 Å². The Morgan fingerprint density at radius 1 is 0.611 bits per heavy atom. The van der Waals surface area contributed by atoms with Crippen LogP contribution in [0, 0.1) is 6.42 Å². The summed E-state index contributed by atoms with van der Waals surface area (Å²) < 4.78 is 12.3. The van der Waals surface area contributed by atoms with Crippen molar-refractivity contribution < 1.29 is 9.31 Å². The highest BCUT2D eigenvalue weighted by Crippen LogP contribution is 2.64. The molecule has 3 aliphatic rings. The lowest BCUT2D eigenvalue weighted by molar-refractivity contribution is 0.365. The fraction of sp³-hybridized carbons (Fsp3) is 0.500. The minimum Gasteiger partial charge on any atom is -0.405 e. The van der Waals surface area contributed by atoms with Gasteiger partial charge in [-0.25, -0.2) is 0 Å². The van der Waals surface area contributed by atoms with E-state index in [4.69, 9.17) is 9.31 Å². The number of unbranched alkanes of at least 4 members (excludes halogenated alkanes) is 6. The Balaban J connectivity index is 1.49.